The van der Waals surface area contributed by atoms with Gasteiger partial charge in [0.05, 0.1) is 24.8 Å². The van der Waals surface area contributed by atoms with Crippen LogP contribution in [0.5, 0.6) is 11.5 Å². The van der Waals surface area contributed by atoms with Gasteiger partial charge < -0.3 is 14.2 Å². The van der Waals surface area contributed by atoms with Crippen LogP contribution < -0.4 is 20.3 Å². The van der Waals surface area contributed by atoms with Crippen molar-refractivity contribution in [2.24, 2.45) is 0 Å². The lowest BCUT2D eigenvalue weighted by Gasteiger charge is -2.14. The quantitative estimate of drug-likeness (QED) is 0.408. The highest BCUT2D eigenvalue weighted by atomic mass is 35.5. The number of hydrogen-bond donors (Lipinski definition) is 2. The Bertz CT molecular complexity index is 1170. The summed E-state index contributed by atoms with van der Waals surface area (Å²) < 4.78 is 40.6. The number of methoxy groups -OCH3 is 2. The Morgan fingerprint density at radius 2 is 1.58 bits per heavy atom. The summed E-state index contributed by atoms with van der Waals surface area (Å²) in [6.45, 7) is -0.733. The van der Waals surface area contributed by atoms with E-state index in [-0.39, 0.29) is 21.0 Å². The lowest BCUT2D eigenvalue weighted by atomic mass is 10.2. The average Bonchev–Trinajstić information content (AvgIpc) is 2.80. The monoisotopic (exact) mass is 499 g/mol. The van der Waals surface area contributed by atoms with Crippen LogP contribution in [-0.4, -0.2) is 65.4 Å². The molecule has 2 amide bonds. The number of carbonyl (C=O) groups excluding carboxylic acids is 3. The Labute approximate surface area is 195 Å². The molecular formula is C20H22ClN3O8S. The highest BCUT2D eigenvalue weighted by Gasteiger charge is 2.23. The van der Waals surface area contributed by atoms with E-state index in [2.05, 4.69) is 10.9 Å². The number of esters is 1. The molecule has 0 aliphatic heterocycles. The first kappa shape index (κ1) is 25.9. The molecule has 0 fully saturated rings. The van der Waals surface area contributed by atoms with E-state index in [0.717, 1.165) is 10.4 Å². The first-order valence-electron chi connectivity index (χ1n) is 9.21. The number of hydrogen-bond acceptors (Lipinski definition) is 8. The summed E-state index contributed by atoms with van der Waals surface area (Å²) in [6, 6.07) is 7.95. The Kier molecular flexibility index (Phi) is 8.63. The van der Waals surface area contributed by atoms with Gasteiger partial charge in [0.1, 0.15) is 4.90 Å². The van der Waals surface area contributed by atoms with E-state index in [1.807, 2.05) is 0 Å². The van der Waals surface area contributed by atoms with Gasteiger partial charge in [-0.1, -0.05) is 11.6 Å². The molecule has 0 saturated carbocycles. The molecule has 0 unspecified atom stereocenters. The molecule has 0 radical (unpaired) electrons. The molecular weight excluding hydrogens is 478 g/mol. The number of halogens is 1. The Morgan fingerprint density at radius 1 is 0.939 bits per heavy atom. The zero-order valence-electron chi connectivity index (χ0n) is 18.2. The number of sulfonamides is 1. The van der Waals surface area contributed by atoms with Gasteiger partial charge in [0.15, 0.2) is 18.1 Å². The molecule has 178 valence electrons. The van der Waals surface area contributed by atoms with Crippen LogP contribution in [0.25, 0.3) is 0 Å². The van der Waals surface area contributed by atoms with Crippen molar-refractivity contribution in [3.8, 4) is 11.5 Å². The fourth-order valence-corrected chi connectivity index (χ4v) is 3.85. The molecule has 2 aromatic rings. The Morgan fingerprint density at radius 3 is 2.18 bits per heavy atom. The van der Waals surface area contributed by atoms with Gasteiger partial charge in [0.2, 0.25) is 10.0 Å². The highest BCUT2D eigenvalue weighted by molar-refractivity contribution is 7.89. The van der Waals surface area contributed by atoms with Gasteiger partial charge in [0.25, 0.3) is 11.8 Å². The summed E-state index contributed by atoms with van der Waals surface area (Å²) in [4.78, 5) is 36.1. The number of carbonyl (C=O) groups is 3. The second-order valence-electron chi connectivity index (χ2n) is 6.58. The maximum absolute atomic E-state index is 12.3. The van der Waals surface area contributed by atoms with Gasteiger partial charge in [-0.25, -0.2) is 17.5 Å². The molecule has 2 N–H and O–H groups in total. The van der Waals surface area contributed by atoms with Crippen molar-refractivity contribution >= 4 is 39.4 Å². The fourth-order valence-electron chi connectivity index (χ4n) is 2.45. The predicted octanol–water partition coefficient (Wildman–Crippen LogP) is 1.23. The van der Waals surface area contributed by atoms with Gasteiger partial charge in [-0.05, 0) is 36.4 Å². The van der Waals surface area contributed by atoms with Crippen LogP contribution in [0.1, 0.15) is 20.7 Å². The number of hydrazine groups is 1. The van der Waals surface area contributed by atoms with Crippen LogP contribution in [0, 0.1) is 0 Å². The minimum Gasteiger partial charge on any atom is -0.493 e. The van der Waals surface area contributed by atoms with E-state index in [4.69, 9.17) is 25.8 Å². The van der Waals surface area contributed by atoms with E-state index in [9.17, 15) is 22.8 Å². The van der Waals surface area contributed by atoms with Crippen molar-refractivity contribution < 1.29 is 37.0 Å². The minimum absolute atomic E-state index is 0.0733. The maximum Gasteiger partial charge on any atom is 0.338 e. The van der Waals surface area contributed by atoms with Crippen molar-refractivity contribution in [1.82, 2.24) is 15.2 Å². The third kappa shape index (κ3) is 6.34. The van der Waals surface area contributed by atoms with Crippen LogP contribution in [0.4, 0.5) is 0 Å². The topological polar surface area (TPSA) is 140 Å². The number of nitrogens with zero attached hydrogens (tertiary/aromatic N) is 1. The molecule has 0 bridgehead atoms. The van der Waals surface area contributed by atoms with Crippen LogP contribution in [-0.2, 0) is 19.6 Å². The maximum atomic E-state index is 12.3. The van der Waals surface area contributed by atoms with Crippen LogP contribution in [0.15, 0.2) is 41.3 Å². The molecule has 0 atom stereocenters. The molecule has 0 saturated heterocycles. The summed E-state index contributed by atoms with van der Waals surface area (Å²) in [5.74, 6) is -1.68. The van der Waals surface area contributed by atoms with Crippen molar-refractivity contribution in [3.63, 3.8) is 0 Å². The van der Waals surface area contributed by atoms with Gasteiger partial charge in [-0.3, -0.25) is 20.4 Å². The first-order chi connectivity index (χ1) is 15.5. The number of ether oxygens (including phenoxy) is 3. The first-order valence-corrected chi connectivity index (χ1v) is 11.0. The van der Waals surface area contributed by atoms with Crippen molar-refractivity contribution in [2.75, 3.05) is 34.9 Å². The molecule has 33 heavy (non-hydrogen) atoms. The lowest BCUT2D eigenvalue weighted by molar-refractivity contribution is -0.125. The van der Waals surface area contributed by atoms with Gasteiger partial charge in [-0.15, -0.1) is 0 Å². The van der Waals surface area contributed by atoms with E-state index in [1.54, 1.807) is 0 Å². The zero-order valence-corrected chi connectivity index (χ0v) is 19.7. The van der Waals surface area contributed by atoms with E-state index in [0.29, 0.717) is 11.5 Å². The standard InChI is InChI=1S/C20H22ClN3O8S/c1-24(2)33(28,29)17-10-13(5-7-14(17)21)20(27)32-11-18(25)22-23-19(26)12-6-8-15(30-3)16(9-12)31-4/h5-10H,11H2,1-4H3,(H,22,25)(H,23,26). The van der Waals surface area contributed by atoms with E-state index < -0.39 is 34.4 Å². The number of rotatable bonds is 8. The molecule has 2 rings (SSSR count). The normalized spacial score (nSPS) is 11.0. The molecule has 13 heteroatoms. The van der Waals surface area contributed by atoms with Crippen LogP contribution in [0.2, 0.25) is 5.02 Å². The molecule has 0 heterocycles. The van der Waals surface area contributed by atoms with Gasteiger partial charge >= 0.3 is 5.97 Å². The minimum atomic E-state index is -3.90. The van der Waals surface area contributed by atoms with E-state index >= 15 is 0 Å². The van der Waals surface area contributed by atoms with Crippen molar-refractivity contribution in [2.45, 2.75) is 4.90 Å². The highest BCUT2D eigenvalue weighted by Crippen LogP contribution is 2.27. The van der Waals surface area contributed by atoms with Crippen molar-refractivity contribution in [1.29, 1.82) is 0 Å². The summed E-state index contributed by atoms with van der Waals surface area (Å²) >= 11 is 5.94. The Hall–Kier alpha value is -3.35. The smallest absolute Gasteiger partial charge is 0.338 e. The zero-order chi connectivity index (χ0) is 24.8. The number of benzene rings is 2. The fraction of sp³-hybridized carbons (Fsp3) is 0.250. The summed E-state index contributed by atoms with van der Waals surface area (Å²) in [7, 11) is 1.60. The summed E-state index contributed by atoms with van der Waals surface area (Å²) in [5, 5.41) is -0.0733. The number of nitrogens with one attached hydrogen (secondary N) is 2. The third-order valence-corrected chi connectivity index (χ3v) is 6.52. The molecule has 0 aliphatic carbocycles. The Balaban J connectivity index is 1.96. The molecule has 0 aliphatic rings. The third-order valence-electron chi connectivity index (χ3n) is 4.22. The molecule has 0 aromatic heterocycles. The second kappa shape index (κ2) is 11.0. The summed E-state index contributed by atoms with van der Waals surface area (Å²) in [6.07, 6.45) is 0. The molecule has 0 spiro atoms. The van der Waals surface area contributed by atoms with Crippen molar-refractivity contribution in [3.05, 3.63) is 52.5 Å². The van der Waals surface area contributed by atoms with Gasteiger partial charge in [0, 0.05) is 19.7 Å². The largest absolute Gasteiger partial charge is 0.493 e. The van der Waals surface area contributed by atoms with Crippen LogP contribution >= 0.6 is 11.6 Å². The molecule has 11 nitrogen and oxygen atoms in total. The SMILES string of the molecule is COc1ccc(C(=O)NNC(=O)COC(=O)c2ccc(Cl)c(S(=O)(=O)N(C)C)c2)cc1OC. The summed E-state index contributed by atoms with van der Waals surface area (Å²) in [5.41, 5.74) is 4.33. The van der Waals surface area contributed by atoms with Gasteiger partial charge in [-0.2, -0.15) is 0 Å². The average molecular weight is 500 g/mol. The van der Waals surface area contributed by atoms with E-state index in [1.165, 1.54) is 58.6 Å². The predicted molar refractivity (Wildman–Crippen MR) is 118 cm³/mol. The molecule has 2 aromatic carbocycles. The van der Waals surface area contributed by atoms with Crippen LogP contribution in [0.3, 0.4) is 0 Å². The number of amides is 2. The lowest BCUT2D eigenvalue weighted by Crippen LogP contribution is -2.43. The second-order valence-corrected chi connectivity index (χ2v) is 9.11.